The molecular formula is C54H101NO5. The van der Waals surface area contributed by atoms with Crippen LogP contribution in [0.3, 0.4) is 0 Å². The number of carbonyl (C=O) groups excluding carboxylic acids is 2. The number of rotatable bonds is 48. The third kappa shape index (κ3) is 45.6. The maximum atomic E-state index is 12.4. The van der Waals surface area contributed by atoms with Crippen LogP contribution in [0.4, 0.5) is 0 Å². The molecule has 0 aliphatic rings. The van der Waals surface area contributed by atoms with E-state index in [0.717, 1.165) is 51.4 Å². The van der Waals surface area contributed by atoms with Crippen molar-refractivity contribution < 1.29 is 24.5 Å². The molecule has 3 N–H and O–H groups in total. The third-order valence-electron chi connectivity index (χ3n) is 11.9. The van der Waals surface area contributed by atoms with Gasteiger partial charge in [0.05, 0.1) is 25.4 Å². The van der Waals surface area contributed by atoms with Crippen LogP contribution >= 0.6 is 0 Å². The Hall–Kier alpha value is -1.92. The van der Waals surface area contributed by atoms with Crippen LogP contribution in [-0.4, -0.2) is 47.4 Å². The zero-order chi connectivity index (χ0) is 43.7. The van der Waals surface area contributed by atoms with Gasteiger partial charge in [-0.3, -0.25) is 9.59 Å². The van der Waals surface area contributed by atoms with E-state index in [0.29, 0.717) is 25.9 Å². The first-order chi connectivity index (χ1) is 29.5. The van der Waals surface area contributed by atoms with Crippen LogP contribution in [0, 0.1) is 0 Å². The van der Waals surface area contributed by atoms with Crippen LogP contribution in [0.1, 0.15) is 271 Å². The second-order valence-corrected chi connectivity index (χ2v) is 17.9. The Morgan fingerprint density at radius 1 is 0.467 bits per heavy atom. The number of hydrogen-bond donors (Lipinski definition) is 3. The van der Waals surface area contributed by atoms with Gasteiger partial charge in [0.2, 0.25) is 5.91 Å². The number of esters is 1. The quantitative estimate of drug-likeness (QED) is 0.0322. The van der Waals surface area contributed by atoms with Gasteiger partial charge >= 0.3 is 5.97 Å². The number of aliphatic hydroxyl groups is 2. The molecule has 0 radical (unpaired) electrons. The van der Waals surface area contributed by atoms with Crippen LogP contribution in [0.5, 0.6) is 0 Å². The van der Waals surface area contributed by atoms with E-state index < -0.39 is 12.1 Å². The molecule has 60 heavy (non-hydrogen) atoms. The van der Waals surface area contributed by atoms with Gasteiger partial charge in [-0.05, 0) is 51.4 Å². The molecule has 0 rings (SSSR count). The normalized spacial score (nSPS) is 12.9. The Balaban J connectivity index is 3.56. The van der Waals surface area contributed by atoms with Crippen molar-refractivity contribution in [3.05, 3.63) is 36.5 Å². The zero-order valence-electron chi connectivity index (χ0n) is 39.9. The molecule has 0 aliphatic carbocycles. The molecule has 0 saturated heterocycles. The largest absolute Gasteiger partial charge is 0.466 e. The number of carbonyl (C=O) groups is 2. The van der Waals surface area contributed by atoms with Crippen molar-refractivity contribution in [2.75, 3.05) is 13.2 Å². The predicted molar refractivity (Wildman–Crippen MR) is 259 cm³/mol. The van der Waals surface area contributed by atoms with Crippen LogP contribution in [0.25, 0.3) is 0 Å². The van der Waals surface area contributed by atoms with Gasteiger partial charge in [-0.1, -0.05) is 243 Å². The molecule has 2 unspecified atom stereocenters. The summed E-state index contributed by atoms with van der Waals surface area (Å²) in [5.74, 6) is -0.164. The van der Waals surface area contributed by atoms with Gasteiger partial charge in [-0.2, -0.15) is 0 Å². The molecule has 352 valence electrons. The highest BCUT2D eigenvalue weighted by Gasteiger charge is 2.17. The smallest absolute Gasteiger partial charge is 0.305 e. The van der Waals surface area contributed by atoms with Gasteiger partial charge in [-0.15, -0.1) is 0 Å². The second-order valence-electron chi connectivity index (χ2n) is 17.9. The number of hydrogen-bond acceptors (Lipinski definition) is 5. The molecular weight excluding hydrogens is 743 g/mol. The molecule has 6 heteroatoms. The minimum atomic E-state index is -0.878. The van der Waals surface area contributed by atoms with E-state index in [2.05, 4.69) is 37.4 Å². The monoisotopic (exact) mass is 844 g/mol. The van der Waals surface area contributed by atoms with Crippen LogP contribution in [-0.2, 0) is 14.3 Å². The summed E-state index contributed by atoms with van der Waals surface area (Å²) in [6, 6.07) is -0.671. The van der Waals surface area contributed by atoms with Crippen molar-refractivity contribution in [3.63, 3.8) is 0 Å². The molecule has 0 saturated carbocycles. The minimum Gasteiger partial charge on any atom is -0.466 e. The van der Waals surface area contributed by atoms with Gasteiger partial charge in [0.1, 0.15) is 0 Å². The Morgan fingerprint density at radius 3 is 1.30 bits per heavy atom. The summed E-state index contributed by atoms with van der Waals surface area (Å²) in [5, 5.41) is 23.0. The summed E-state index contributed by atoms with van der Waals surface area (Å²) in [6.07, 6.45) is 60.2. The maximum Gasteiger partial charge on any atom is 0.305 e. The molecule has 0 fully saturated rings. The summed E-state index contributed by atoms with van der Waals surface area (Å²) in [5.41, 5.74) is 0. The van der Waals surface area contributed by atoms with Crippen molar-refractivity contribution in [1.82, 2.24) is 5.32 Å². The van der Waals surface area contributed by atoms with Crippen LogP contribution in [0.2, 0.25) is 0 Å². The van der Waals surface area contributed by atoms with Crippen molar-refractivity contribution in [2.45, 2.75) is 283 Å². The Bertz CT molecular complexity index is 977. The van der Waals surface area contributed by atoms with Crippen molar-refractivity contribution >= 4 is 11.9 Å². The lowest BCUT2D eigenvalue weighted by Crippen LogP contribution is -2.45. The maximum absolute atomic E-state index is 12.4. The highest BCUT2D eigenvalue weighted by molar-refractivity contribution is 5.76. The summed E-state index contributed by atoms with van der Waals surface area (Å²) >= 11 is 0. The molecule has 6 nitrogen and oxygen atoms in total. The third-order valence-corrected chi connectivity index (χ3v) is 11.9. The molecule has 0 aromatic rings. The number of aliphatic hydroxyl groups excluding tert-OH is 2. The van der Waals surface area contributed by atoms with Crippen LogP contribution < -0.4 is 5.32 Å². The SMILES string of the molecule is CCCCCCCCCCCCCC/C=C/C(O)C(CO)NC(=O)CC/C=C\C/C=C\CCCCCCCCOC(=O)CCCCCCCCCCCCCCCCCC. The highest BCUT2D eigenvalue weighted by Crippen LogP contribution is 2.16. The Kier molecular flexibility index (Phi) is 48.1. The summed E-state index contributed by atoms with van der Waals surface area (Å²) in [7, 11) is 0. The number of allylic oxidation sites excluding steroid dienone is 5. The highest BCUT2D eigenvalue weighted by atomic mass is 16.5. The van der Waals surface area contributed by atoms with E-state index in [9.17, 15) is 19.8 Å². The molecule has 0 bridgehead atoms. The topological polar surface area (TPSA) is 95.9 Å². The molecule has 1 amide bonds. The molecule has 0 heterocycles. The average Bonchev–Trinajstić information content (AvgIpc) is 3.25. The summed E-state index contributed by atoms with van der Waals surface area (Å²) in [6.45, 7) is 4.84. The van der Waals surface area contributed by atoms with Crippen LogP contribution in [0.15, 0.2) is 36.5 Å². The van der Waals surface area contributed by atoms with E-state index in [1.165, 1.54) is 186 Å². The fourth-order valence-electron chi connectivity index (χ4n) is 7.86. The van der Waals surface area contributed by atoms with Gasteiger partial charge in [0.25, 0.3) is 0 Å². The van der Waals surface area contributed by atoms with Crippen molar-refractivity contribution in [1.29, 1.82) is 0 Å². The summed E-state index contributed by atoms with van der Waals surface area (Å²) < 4.78 is 5.46. The minimum absolute atomic E-state index is 0.0156. The lowest BCUT2D eigenvalue weighted by Gasteiger charge is -2.19. The number of amides is 1. The van der Waals surface area contributed by atoms with Crippen molar-refractivity contribution in [2.24, 2.45) is 0 Å². The number of ether oxygens (including phenoxy) is 1. The lowest BCUT2D eigenvalue weighted by molar-refractivity contribution is -0.143. The fourth-order valence-corrected chi connectivity index (χ4v) is 7.86. The Morgan fingerprint density at radius 2 is 0.850 bits per heavy atom. The zero-order valence-corrected chi connectivity index (χ0v) is 39.9. The van der Waals surface area contributed by atoms with Gasteiger partial charge in [0, 0.05) is 12.8 Å². The molecule has 0 aromatic carbocycles. The number of nitrogens with one attached hydrogen (secondary N) is 1. The predicted octanol–water partition coefficient (Wildman–Crippen LogP) is 15.7. The van der Waals surface area contributed by atoms with E-state index in [1.807, 2.05) is 12.2 Å². The first-order valence-electron chi connectivity index (χ1n) is 26.3. The second kappa shape index (κ2) is 49.7. The fraction of sp³-hybridized carbons (Fsp3) is 0.852. The lowest BCUT2D eigenvalue weighted by atomic mass is 10.0. The average molecular weight is 844 g/mol. The first kappa shape index (κ1) is 58.1. The van der Waals surface area contributed by atoms with Gasteiger partial charge < -0.3 is 20.3 Å². The van der Waals surface area contributed by atoms with E-state index in [-0.39, 0.29) is 18.5 Å². The molecule has 2 atom stereocenters. The van der Waals surface area contributed by atoms with E-state index >= 15 is 0 Å². The first-order valence-corrected chi connectivity index (χ1v) is 26.3. The number of unbranched alkanes of at least 4 members (excludes halogenated alkanes) is 33. The van der Waals surface area contributed by atoms with E-state index in [1.54, 1.807) is 6.08 Å². The molecule has 0 aliphatic heterocycles. The summed E-state index contributed by atoms with van der Waals surface area (Å²) in [4.78, 5) is 24.4. The van der Waals surface area contributed by atoms with Crippen molar-refractivity contribution in [3.8, 4) is 0 Å². The standard InChI is InChI=1S/C54H101NO5/c1-3-5-7-9-11-13-15-17-19-20-24-28-32-36-40-44-48-54(59)60-49-45-41-37-33-29-25-21-23-27-31-35-39-43-47-53(58)55-51(50-56)52(57)46-42-38-34-30-26-22-18-16-14-12-10-8-6-4-2/h23,27,35,39,42,46,51-52,56-57H,3-22,24-26,28-34,36-38,40-41,43-45,47-50H2,1-2H3,(H,55,58)/b27-23-,39-35-,46-42+. The van der Waals surface area contributed by atoms with Gasteiger partial charge in [-0.25, -0.2) is 0 Å². The molecule has 0 spiro atoms. The van der Waals surface area contributed by atoms with E-state index in [4.69, 9.17) is 4.74 Å². The van der Waals surface area contributed by atoms with Gasteiger partial charge in [0.15, 0.2) is 0 Å². The Labute approximate surface area is 373 Å². The molecule has 0 aromatic heterocycles.